The zero-order valence-corrected chi connectivity index (χ0v) is 16.1. The highest BCUT2D eigenvalue weighted by Gasteiger charge is 2.22. The molecule has 0 N–H and O–H groups in total. The molecule has 2 aliphatic carbocycles. The smallest absolute Gasteiger partial charge is 0.148 e. The highest BCUT2D eigenvalue weighted by atomic mass is 14.9. The molecule has 0 spiro atoms. The summed E-state index contributed by atoms with van der Waals surface area (Å²) in [5.74, 6) is 1.35. The van der Waals surface area contributed by atoms with Crippen molar-refractivity contribution in [3.63, 3.8) is 0 Å². The van der Waals surface area contributed by atoms with Gasteiger partial charge in [0, 0.05) is 24.5 Å². The largest absolute Gasteiger partial charge is 0.353 e. The summed E-state index contributed by atoms with van der Waals surface area (Å²) in [6.07, 6.45) is 18.0. The van der Waals surface area contributed by atoms with E-state index in [1.165, 1.54) is 64.2 Å². The fourth-order valence-corrected chi connectivity index (χ4v) is 4.81. The van der Waals surface area contributed by atoms with Crippen molar-refractivity contribution in [3.8, 4) is 18.2 Å². The third-order valence-corrected chi connectivity index (χ3v) is 6.24. The van der Waals surface area contributed by atoms with Crippen LogP contribution >= 0.6 is 0 Å². The Kier molecular flexibility index (Phi) is 6.73. The average molecular weight is 361 g/mol. The molecule has 3 rings (SSSR count). The van der Waals surface area contributed by atoms with Gasteiger partial charge in [0.05, 0.1) is 5.57 Å². The van der Waals surface area contributed by atoms with Crippen LogP contribution in [0.3, 0.4) is 0 Å². The number of nitrogens with zero attached hydrogens (tertiary/aromatic N) is 4. The molecular formula is C23H28N4. The first-order valence-electron chi connectivity index (χ1n) is 10.4. The first-order chi connectivity index (χ1) is 13.2. The molecule has 2 saturated carbocycles. The average Bonchev–Trinajstić information content (AvgIpc) is 3.09. The van der Waals surface area contributed by atoms with E-state index in [0.29, 0.717) is 11.8 Å². The number of aromatic nitrogens is 1. The molecule has 0 saturated heterocycles. The maximum Gasteiger partial charge on any atom is 0.148 e. The molecule has 1 aromatic rings. The second kappa shape index (κ2) is 9.43. The van der Waals surface area contributed by atoms with Crippen LogP contribution in [0.4, 0.5) is 0 Å². The van der Waals surface area contributed by atoms with Crippen molar-refractivity contribution < 1.29 is 0 Å². The molecule has 0 aromatic carbocycles. The van der Waals surface area contributed by atoms with E-state index < -0.39 is 0 Å². The van der Waals surface area contributed by atoms with Crippen molar-refractivity contribution in [2.45, 2.75) is 77.2 Å². The molecule has 1 heterocycles. The summed E-state index contributed by atoms with van der Waals surface area (Å²) in [4.78, 5) is 0. The lowest BCUT2D eigenvalue weighted by atomic mass is 9.84. The van der Waals surface area contributed by atoms with Gasteiger partial charge in [0.2, 0.25) is 0 Å². The standard InChI is InChI=1S/C23H28N4/c24-12-21(13-25)22(14-26)23-17-27(15-19-9-5-2-6-10-19)16-20(23)11-18-7-3-1-4-8-18/h16-19H,1-11,15H2. The van der Waals surface area contributed by atoms with Crippen LogP contribution in [0.1, 0.15) is 75.3 Å². The number of nitriles is 3. The van der Waals surface area contributed by atoms with Crippen LogP contribution in [-0.4, -0.2) is 4.57 Å². The molecule has 0 atom stereocenters. The third kappa shape index (κ3) is 4.81. The van der Waals surface area contributed by atoms with Gasteiger partial charge in [-0.2, -0.15) is 15.8 Å². The number of hydrogen-bond acceptors (Lipinski definition) is 3. The van der Waals surface area contributed by atoms with Gasteiger partial charge < -0.3 is 4.57 Å². The molecule has 4 nitrogen and oxygen atoms in total. The highest BCUT2D eigenvalue weighted by molar-refractivity contribution is 5.85. The quantitative estimate of drug-likeness (QED) is 0.649. The normalized spacial score (nSPS) is 18.3. The van der Waals surface area contributed by atoms with E-state index in [0.717, 1.165) is 24.1 Å². The lowest BCUT2D eigenvalue weighted by Gasteiger charge is -2.22. The summed E-state index contributed by atoms with van der Waals surface area (Å²) >= 11 is 0. The maximum atomic E-state index is 9.65. The molecule has 0 bridgehead atoms. The van der Waals surface area contributed by atoms with Gasteiger partial charge in [0.25, 0.3) is 0 Å². The number of hydrogen-bond donors (Lipinski definition) is 0. The van der Waals surface area contributed by atoms with E-state index in [1.807, 2.05) is 18.3 Å². The predicted molar refractivity (Wildman–Crippen MR) is 105 cm³/mol. The Morgan fingerprint density at radius 3 is 1.96 bits per heavy atom. The van der Waals surface area contributed by atoms with Crippen LogP contribution in [-0.2, 0) is 13.0 Å². The molecule has 2 aliphatic rings. The molecule has 2 fully saturated rings. The molecule has 4 heteroatoms. The van der Waals surface area contributed by atoms with Gasteiger partial charge in [-0.15, -0.1) is 0 Å². The summed E-state index contributed by atoms with van der Waals surface area (Å²) < 4.78 is 2.22. The molecule has 0 aliphatic heterocycles. The Morgan fingerprint density at radius 1 is 0.815 bits per heavy atom. The van der Waals surface area contributed by atoms with Gasteiger partial charge in [-0.25, -0.2) is 0 Å². The zero-order chi connectivity index (χ0) is 19.1. The topological polar surface area (TPSA) is 76.3 Å². The maximum absolute atomic E-state index is 9.65. The summed E-state index contributed by atoms with van der Waals surface area (Å²) in [6.45, 7) is 0.977. The Balaban J connectivity index is 1.90. The van der Waals surface area contributed by atoms with Gasteiger partial charge in [-0.3, -0.25) is 0 Å². The van der Waals surface area contributed by atoms with Crippen molar-refractivity contribution in [2.24, 2.45) is 11.8 Å². The predicted octanol–water partition coefficient (Wildman–Crippen LogP) is 5.52. The van der Waals surface area contributed by atoms with Gasteiger partial charge >= 0.3 is 0 Å². The van der Waals surface area contributed by atoms with E-state index in [-0.39, 0.29) is 11.1 Å². The van der Waals surface area contributed by atoms with Crippen LogP contribution in [0.15, 0.2) is 18.0 Å². The minimum Gasteiger partial charge on any atom is -0.353 e. The summed E-state index contributed by atoms with van der Waals surface area (Å²) in [7, 11) is 0. The monoisotopic (exact) mass is 360 g/mol. The Hall–Kier alpha value is -2.51. The second-order valence-corrected chi connectivity index (χ2v) is 8.19. The molecule has 1 aromatic heterocycles. The second-order valence-electron chi connectivity index (χ2n) is 8.19. The van der Waals surface area contributed by atoms with E-state index in [1.54, 1.807) is 0 Å². The fourth-order valence-electron chi connectivity index (χ4n) is 4.81. The van der Waals surface area contributed by atoms with E-state index in [2.05, 4.69) is 16.8 Å². The van der Waals surface area contributed by atoms with Crippen molar-refractivity contribution in [1.82, 2.24) is 4.57 Å². The summed E-state index contributed by atoms with van der Waals surface area (Å²) in [5, 5.41) is 28.2. The Bertz CT molecular complexity index is 781. The van der Waals surface area contributed by atoms with Crippen molar-refractivity contribution in [1.29, 1.82) is 15.8 Å². The van der Waals surface area contributed by atoms with Gasteiger partial charge in [0.15, 0.2) is 0 Å². The molecule has 0 amide bonds. The number of allylic oxidation sites excluding steroid dienone is 2. The summed E-state index contributed by atoms with van der Waals surface area (Å²) in [6, 6.07) is 5.96. The van der Waals surface area contributed by atoms with Gasteiger partial charge in [-0.1, -0.05) is 51.4 Å². The third-order valence-electron chi connectivity index (χ3n) is 6.24. The first kappa shape index (κ1) is 19.3. The molecular weight excluding hydrogens is 332 g/mol. The fraction of sp³-hybridized carbons (Fsp3) is 0.609. The van der Waals surface area contributed by atoms with Crippen molar-refractivity contribution >= 4 is 5.57 Å². The van der Waals surface area contributed by atoms with Crippen LogP contribution in [0, 0.1) is 45.8 Å². The van der Waals surface area contributed by atoms with Crippen LogP contribution in [0.5, 0.6) is 0 Å². The van der Waals surface area contributed by atoms with Crippen molar-refractivity contribution in [2.75, 3.05) is 0 Å². The molecule has 27 heavy (non-hydrogen) atoms. The molecule has 0 radical (unpaired) electrons. The van der Waals surface area contributed by atoms with Crippen molar-refractivity contribution in [3.05, 3.63) is 29.1 Å². The minimum atomic E-state index is -0.0715. The highest BCUT2D eigenvalue weighted by Crippen LogP contribution is 2.32. The summed E-state index contributed by atoms with van der Waals surface area (Å²) in [5.41, 5.74) is 2.11. The Labute approximate surface area is 162 Å². The van der Waals surface area contributed by atoms with Gasteiger partial charge in [-0.05, 0) is 36.7 Å². The zero-order valence-electron chi connectivity index (χ0n) is 16.1. The molecule has 140 valence electrons. The SMILES string of the molecule is N#CC(C#N)=C(C#N)c1cn(CC2CCCCC2)cc1CC1CCCCC1. The van der Waals surface area contributed by atoms with Crippen LogP contribution in [0.2, 0.25) is 0 Å². The van der Waals surface area contributed by atoms with Gasteiger partial charge in [0.1, 0.15) is 23.8 Å². The van der Waals surface area contributed by atoms with E-state index in [9.17, 15) is 15.8 Å². The minimum absolute atomic E-state index is 0.0715. The first-order valence-corrected chi connectivity index (χ1v) is 10.4. The van der Waals surface area contributed by atoms with E-state index >= 15 is 0 Å². The lowest BCUT2D eigenvalue weighted by Crippen LogP contribution is -2.13. The van der Waals surface area contributed by atoms with Crippen LogP contribution < -0.4 is 0 Å². The number of rotatable bonds is 5. The lowest BCUT2D eigenvalue weighted by molar-refractivity contribution is 0.319. The van der Waals surface area contributed by atoms with Crippen LogP contribution in [0.25, 0.3) is 5.57 Å². The molecule has 0 unspecified atom stereocenters. The Morgan fingerprint density at radius 2 is 1.41 bits per heavy atom. The van der Waals surface area contributed by atoms with E-state index in [4.69, 9.17) is 0 Å².